The molecule has 0 amide bonds. The van der Waals surface area contributed by atoms with Crippen molar-refractivity contribution >= 4 is 69.7 Å². The zero-order chi connectivity index (χ0) is 31.8. The number of halogens is 2. The number of carbonyl (C=O) groups excluding carboxylic acids is 1. The number of nitrogens with one attached hydrogen (secondary N) is 2. The minimum absolute atomic E-state index is 0.198. The molecule has 3 aromatic carbocycles. The molecular formula is C31H30Cl2N8O4. The van der Waals surface area contributed by atoms with Crippen LogP contribution in [0, 0.1) is 0 Å². The maximum Gasteiger partial charge on any atom is 0.338 e. The van der Waals surface area contributed by atoms with Crippen LogP contribution in [0.25, 0.3) is 11.3 Å². The fourth-order valence-corrected chi connectivity index (χ4v) is 4.80. The van der Waals surface area contributed by atoms with E-state index in [1.165, 1.54) is 0 Å². The van der Waals surface area contributed by atoms with Gasteiger partial charge in [0.25, 0.3) is 0 Å². The van der Waals surface area contributed by atoms with Crippen molar-refractivity contribution in [2.24, 2.45) is 5.10 Å². The van der Waals surface area contributed by atoms with Crippen LogP contribution in [0.5, 0.6) is 5.75 Å². The van der Waals surface area contributed by atoms with Gasteiger partial charge in [0.1, 0.15) is 12.4 Å². The normalized spacial score (nSPS) is 11.1. The van der Waals surface area contributed by atoms with Crippen LogP contribution in [0.1, 0.15) is 42.3 Å². The molecule has 2 heterocycles. The number of aromatic nitrogens is 4. The molecule has 2 N–H and O–H groups in total. The Morgan fingerprint density at radius 3 is 2.38 bits per heavy atom. The maximum atomic E-state index is 12.0. The minimum atomic E-state index is -0.402. The summed E-state index contributed by atoms with van der Waals surface area (Å²) in [6.45, 7) is 8.15. The first-order chi connectivity index (χ1) is 21.9. The van der Waals surface area contributed by atoms with Crippen LogP contribution in [-0.4, -0.2) is 52.2 Å². The van der Waals surface area contributed by atoms with E-state index in [1.807, 2.05) is 24.3 Å². The maximum absolute atomic E-state index is 12.0. The predicted molar refractivity (Wildman–Crippen MR) is 175 cm³/mol. The lowest BCUT2D eigenvalue weighted by molar-refractivity contribution is 0.0526. The van der Waals surface area contributed by atoms with Gasteiger partial charge < -0.3 is 19.7 Å². The van der Waals surface area contributed by atoms with Crippen molar-refractivity contribution in [3.8, 4) is 5.75 Å². The Kier molecular flexibility index (Phi) is 10.3. The predicted octanol–water partition coefficient (Wildman–Crippen LogP) is 7.11. The van der Waals surface area contributed by atoms with Crippen molar-refractivity contribution in [2.45, 2.75) is 27.4 Å². The lowest BCUT2D eigenvalue weighted by atomic mass is 10.1. The van der Waals surface area contributed by atoms with Gasteiger partial charge in [-0.2, -0.15) is 10.1 Å². The van der Waals surface area contributed by atoms with Crippen molar-refractivity contribution < 1.29 is 18.9 Å². The number of esters is 1. The number of hydrogen-bond donors (Lipinski definition) is 2. The summed E-state index contributed by atoms with van der Waals surface area (Å²) in [6.07, 6.45) is 1.62. The standard InChI is InChI=1S/C31H30Cl2N8O4/c1-4-41(5-2)24-14-10-20(26(16-24)44-18-21-7-11-22(32)15-25(21)33)17-34-38-28-27(36-29-30(37-28)40-45-39-29)35-23-12-8-19(9-13-23)31(42)43-6-3/h7-17H,4-6,18H2,1-3H3,(H,35,36,39)(H,37,38,40)/b34-17-. The zero-order valence-corrected chi connectivity index (χ0v) is 26.3. The Hall–Kier alpha value is -4.94. The molecule has 45 heavy (non-hydrogen) atoms. The second kappa shape index (κ2) is 14.7. The van der Waals surface area contributed by atoms with E-state index in [4.69, 9.17) is 37.3 Å². The van der Waals surface area contributed by atoms with Crippen LogP contribution in [0.4, 0.5) is 23.0 Å². The average molecular weight is 650 g/mol. The van der Waals surface area contributed by atoms with Gasteiger partial charge in [-0.25, -0.2) is 14.4 Å². The lowest BCUT2D eigenvalue weighted by Crippen LogP contribution is -2.21. The van der Waals surface area contributed by atoms with E-state index in [0.717, 1.165) is 24.3 Å². The molecule has 5 aromatic rings. The van der Waals surface area contributed by atoms with E-state index in [2.05, 4.69) is 54.9 Å². The quantitative estimate of drug-likeness (QED) is 0.0766. The van der Waals surface area contributed by atoms with Crippen LogP contribution in [0.15, 0.2) is 70.4 Å². The van der Waals surface area contributed by atoms with E-state index in [0.29, 0.717) is 45.0 Å². The Labute approximate surface area is 269 Å². The van der Waals surface area contributed by atoms with Gasteiger partial charge >= 0.3 is 5.97 Å². The van der Waals surface area contributed by atoms with Crippen LogP contribution in [-0.2, 0) is 11.3 Å². The molecule has 0 atom stereocenters. The van der Waals surface area contributed by atoms with Gasteiger partial charge in [0.05, 0.1) is 18.4 Å². The van der Waals surface area contributed by atoms with Gasteiger partial charge in [0.2, 0.25) is 11.3 Å². The summed E-state index contributed by atoms with van der Waals surface area (Å²) in [4.78, 5) is 23.2. The monoisotopic (exact) mass is 648 g/mol. The van der Waals surface area contributed by atoms with Gasteiger partial charge in [-0.05, 0) is 79.6 Å². The number of carbonyl (C=O) groups is 1. The number of hydrazone groups is 1. The second-order valence-corrected chi connectivity index (χ2v) is 10.4. The van der Waals surface area contributed by atoms with Crippen LogP contribution < -0.4 is 20.4 Å². The third-order valence-electron chi connectivity index (χ3n) is 6.67. The molecule has 0 aliphatic carbocycles. The smallest absolute Gasteiger partial charge is 0.338 e. The van der Waals surface area contributed by atoms with Crippen molar-refractivity contribution in [2.75, 3.05) is 35.3 Å². The van der Waals surface area contributed by atoms with E-state index in [-0.39, 0.29) is 23.7 Å². The third-order valence-corrected chi connectivity index (χ3v) is 7.26. The molecule has 14 heteroatoms. The summed E-state index contributed by atoms with van der Waals surface area (Å²) < 4.78 is 16.1. The highest BCUT2D eigenvalue weighted by molar-refractivity contribution is 6.35. The number of fused-ring (bicyclic) bond motifs is 1. The summed E-state index contributed by atoms with van der Waals surface area (Å²) in [7, 11) is 0. The van der Waals surface area contributed by atoms with Gasteiger partial charge in [0.15, 0.2) is 11.6 Å². The molecule has 0 bridgehead atoms. The average Bonchev–Trinajstić information content (AvgIpc) is 3.50. The molecule has 0 unspecified atom stereocenters. The zero-order valence-electron chi connectivity index (χ0n) is 24.8. The minimum Gasteiger partial charge on any atom is -0.488 e. The molecule has 0 radical (unpaired) electrons. The second-order valence-electron chi connectivity index (χ2n) is 9.54. The number of hydrogen-bond acceptors (Lipinski definition) is 12. The summed E-state index contributed by atoms with van der Waals surface area (Å²) in [6, 6.07) is 17.9. The topological polar surface area (TPSA) is 140 Å². The summed E-state index contributed by atoms with van der Waals surface area (Å²) in [5, 5.41) is 16.2. The number of anilines is 4. The van der Waals surface area contributed by atoms with Crippen LogP contribution in [0.3, 0.4) is 0 Å². The summed E-state index contributed by atoms with van der Waals surface area (Å²) in [5.41, 5.74) is 6.93. The van der Waals surface area contributed by atoms with Gasteiger partial charge in [-0.3, -0.25) is 5.43 Å². The van der Waals surface area contributed by atoms with Crippen molar-refractivity contribution in [1.29, 1.82) is 0 Å². The van der Waals surface area contributed by atoms with Crippen LogP contribution in [0.2, 0.25) is 10.0 Å². The van der Waals surface area contributed by atoms with E-state index in [1.54, 1.807) is 49.5 Å². The highest BCUT2D eigenvalue weighted by atomic mass is 35.5. The van der Waals surface area contributed by atoms with E-state index < -0.39 is 5.97 Å². The highest BCUT2D eigenvalue weighted by Gasteiger charge is 2.15. The fraction of sp³-hybridized carbons (Fsp3) is 0.226. The molecule has 2 aromatic heterocycles. The van der Waals surface area contributed by atoms with Gasteiger partial charge in [0, 0.05) is 51.7 Å². The fourth-order valence-electron chi connectivity index (χ4n) is 4.34. The summed E-state index contributed by atoms with van der Waals surface area (Å²) in [5.74, 6) is 0.780. The molecule has 0 aliphatic heterocycles. The molecule has 12 nitrogen and oxygen atoms in total. The van der Waals surface area contributed by atoms with Crippen molar-refractivity contribution in [1.82, 2.24) is 20.3 Å². The van der Waals surface area contributed by atoms with Gasteiger partial charge in [-0.1, -0.05) is 29.3 Å². The van der Waals surface area contributed by atoms with Crippen molar-refractivity contribution in [3.63, 3.8) is 0 Å². The molecule has 0 spiro atoms. The molecule has 232 valence electrons. The van der Waals surface area contributed by atoms with Crippen LogP contribution >= 0.6 is 23.2 Å². The first-order valence-corrected chi connectivity index (χ1v) is 14.9. The molecule has 0 aliphatic rings. The van der Waals surface area contributed by atoms with E-state index >= 15 is 0 Å². The molecule has 0 saturated heterocycles. The van der Waals surface area contributed by atoms with Crippen molar-refractivity contribution in [3.05, 3.63) is 87.4 Å². The van der Waals surface area contributed by atoms with E-state index in [9.17, 15) is 4.79 Å². The molecule has 0 saturated carbocycles. The Morgan fingerprint density at radius 1 is 0.956 bits per heavy atom. The lowest BCUT2D eigenvalue weighted by Gasteiger charge is -2.22. The molecular weight excluding hydrogens is 619 g/mol. The molecule has 0 fully saturated rings. The molecule has 5 rings (SSSR count). The third kappa shape index (κ3) is 7.78. The number of rotatable bonds is 13. The highest BCUT2D eigenvalue weighted by Crippen LogP contribution is 2.29. The van der Waals surface area contributed by atoms with Gasteiger partial charge in [-0.15, -0.1) is 0 Å². The number of nitrogens with zero attached hydrogens (tertiary/aromatic N) is 6. The number of ether oxygens (including phenoxy) is 2. The Bertz CT molecular complexity index is 1810. The first kappa shape index (κ1) is 31.5. The first-order valence-electron chi connectivity index (χ1n) is 14.2. The summed E-state index contributed by atoms with van der Waals surface area (Å²) >= 11 is 12.5. The Morgan fingerprint density at radius 2 is 1.69 bits per heavy atom. The largest absolute Gasteiger partial charge is 0.488 e. The number of benzene rings is 3. The SMILES string of the molecule is CCOC(=O)c1ccc(Nc2nc3nonc3nc2N/N=C\c2ccc(N(CC)CC)cc2OCc2ccc(Cl)cc2Cl)cc1. The Balaban J connectivity index is 1.39.